The molecule has 1 fully saturated rings. The first-order valence-electron chi connectivity index (χ1n) is 7.02. The van der Waals surface area contributed by atoms with Crippen LogP contribution in [0.3, 0.4) is 0 Å². The van der Waals surface area contributed by atoms with E-state index in [1.54, 1.807) is 0 Å². The number of hydrogen-bond donors (Lipinski definition) is 2. The molecule has 0 aromatic heterocycles. The van der Waals surface area contributed by atoms with Crippen molar-refractivity contribution in [1.29, 1.82) is 0 Å². The van der Waals surface area contributed by atoms with E-state index in [1.807, 2.05) is 0 Å². The summed E-state index contributed by atoms with van der Waals surface area (Å²) in [6.45, 7) is 4.16. The largest absolute Gasteiger partial charge is 0.326 e. The number of hydrogen-bond acceptors (Lipinski definition) is 2. The zero-order valence-corrected chi connectivity index (χ0v) is 12.3. The Hall–Kier alpha value is -1.13. The molecule has 2 N–H and O–H groups in total. The molecule has 0 aliphatic carbocycles. The Morgan fingerprint density at radius 2 is 2.40 bits per heavy atom. The van der Waals surface area contributed by atoms with Gasteiger partial charge in [0.15, 0.2) is 0 Å². The second-order valence-electron chi connectivity index (χ2n) is 5.46. The molecule has 0 bridgehead atoms. The smallest absolute Gasteiger partial charge is 0.224 e. The lowest BCUT2D eigenvalue weighted by molar-refractivity contribution is -0.117. The fraction of sp³-hybridized carbons (Fsp3) is 0.533. The third-order valence-electron chi connectivity index (χ3n) is 3.85. The van der Waals surface area contributed by atoms with Crippen LogP contribution < -0.4 is 10.6 Å². The molecule has 1 aromatic carbocycles. The first kappa shape index (κ1) is 15.3. The molecule has 110 valence electrons. The molecule has 2 atom stereocenters. The van der Waals surface area contributed by atoms with Crippen molar-refractivity contribution in [2.45, 2.75) is 26.2 Å². The van der Waals surface area contributed by atoms with Crippen molar-refractivity contribution < 1.29 is 9.18 Å². The lowest BCUT2D eigenvalue weighted by Crippen LogP contribution is -2.34. The number of nitrogens with one attached hydrogen (secondary N) is 2. The average Bonchev–Trinajstić information content (AvgIpc) is 2.44. The van der Waals surface area contributed by atoms with Gasteiger partial charge in [0.2, 0.25) is 5.91 Å². The van der Waals surface area contributed by atoms with E-state index < -0.39 is 5.82 Å². The molecule has 1 aliphatic heterocycles. The second kappa shape index (κ2) is 7.04. The van der Waals surface area contributed by atoms with Crippen LogP contribution in [0.5, 0.6) is 0 Å². The third-order valence-corrected chi connectivity index (χ3v) is 4.14. The predicted octanol–water partition coefficient (Wildman–Crippen LogP) is 3.44. The number of anilines is 1. The molecule has 1 aromatic rings. The van der Waals surface area contributed by atoms with E-state index in [-0.39, 0.29) is 10.9 Å². The first-order chi connectivity index (χ1) is 9.56. The summed E-state index contributed by atoms with van der Waals surface area (Å²) < 4.78 is 13.0. The molecule has 2 unspecified atom stereocenters. The minimum atomic E-state index is -0.480. The summed E-state index contributed by atoms with van der Waals surface area (Å²) in [4.78, 5) is 12.0. The maximum absolute atomic E-state index is 13.0. The van der Waals surface area contributed by atoms with Crippen molar-refractivity contribution in [1.82, 2.24) is 5.32 Å². The highest BCUT2D eigenvalue weighted by molar-refractivity contribution is 6.31. The van der Waals surface area contributed by atoms with Crippen LogP contribution in [0, 0.1) is 17.7 Å². The van der Waals surface area contributed by atoms with Crippen molar-refractivity contribution in [2.24, 2.45) is 11.8 Å². The second-order valence-corrected chi connectivity index (χ2v) is 5.87. The highest BCUT2D eigenvalue weighted by atomic mass is 35.5. The molecule has 1 heterocycles. The zero-order chi connectivity index (χ0) is 14.5. The van der Waals surface area contributed by atoms with Gasteiger partial charge in [0, 0.05) is 12.1 Å². The molecule has 3 nitrogen and oxygen atoms in total. The van der Waals surface area contributed by atoms with Crippen LogP contribution in [-0.2, 0) is 4.79 Å². The van der Waals surface area contributed by atoms with Crippen molar-refractivity contribution in [3.8, 4) is 0 Å². The maximum Gasteiger partial charge on any atom is 0.224 e. The highest BCUT2D eigenvalue weighted by Gasteiger charge is 2.22. The Kier molecular flexibility index (Phi) is 5.38. The summed E-state index contributed by atoms with van der Waals surface area (Å²) in [5.41, 5.74) is 0.537. The lowest BCUT2D eigenvalue weighted by atomic mass is 9.85. The van der Waals surface area contributed by atoms with E-state index in [0.717, 1.165) is 13.1 Å². The third kappa shape index (κ3) is 4.18. The van der Waals surface area contributed by atoms with Crippen LogP contribution in [0.1, 0.15) is 26.2 Å². The zero-order valence-electron chi connectivity index (χ0n) is 11.6. The molecule has 1 aliphatic rings. The van der Waals surface area contributed by atoms with Gasteiger partial charge in [-0.2, -0.15) is 0 Å². The number of carbonyl (C=O) groups is 1. The Morgan fingerprint density at radius 1 is 1.60 bits per heavy atom. The predicted molar refractivity (Wildman–Crippen MR) is 79.4 cm³/mol. The van der Waals surface area contributed by atoms with E-state index >= 15 is 0 Å². The Labute approximate surface area is 123 Å². The van der Waals surface area contributed by atoms with Gasteiger partial charge < -0.3 is 10.6 Å². The van der Waals surface area contributed by atoms with E-state index in [4.69, 9.17) is 11.6 Å². The molecular weight excluding hydrogens is 279 g/mol. The highest BCUT2D eigenvalue weighted by Crippen LogP contribution is 2.24. The van der Waals surface area contributed by atoms with Gasteiger partial charge in [-0.25, -0.2) is 4.39 Å². The normalized spacial score (nSPS) is 20.4. The summed E-state index contributed by atoms with van der Waals surface area (Å²) in [5, 5.41) is 6.15. The van der Waals surface area contributed by atoms with Crippen LogP contribution >= 0.6 is 11.6 Å². The standard InChI is InChI=1S/C15H20ClFN2O/c1-10(11-3-2-6-18-9-11)7-15(20)19-12-4-5-14(17)13(16)8-12/h4-5,8,10-11,18H,2-3,6-7,9H2,1H3,(H,19,20). The minimum absolute atomic E-state index is 0.0207. The molecule has 2 rings (SSSR count). The molecule has 1 saturated heterocycles. The monoisotopic (exact) mass is 298 g/mol. The van der Waals surface area contributed by atoms with Crippen molar-refractivity contribution >= 4 is 23.2 Å². The maximum atomic E-state index is 13.0. The minimum Gasteiger partial charge on any atom is -0.326 e. The molecule has 0 spiro atoms. The lowest BCUT2D eigenvalue weighted by Gasteiger charge is -2.28. The van der Waals surface area contributed by atoms with Crippen molar-refractivity contribution in [3.63, 3.8) is 0 Å². The summed E-state index contributed by atoms with van der Waals surface area (Å²) in [6.07, 6.45) is 2.81. The quantitative estimate of drug-likeness (QED) is 0.894. The van der Waals surface area contributed by atoms with Crippen molar-refractivity contribution in [2.75, 3.05) is 18.4 Å². The number of rotatable bonds is 4. The van der Waals surface area contributed by atoms with Gasteiger partial charge >= 0.3 is 0 Å². The van der Waals surface area contributed by atoms with E-state index in [2.05, 4.69) is 17.6 Å². The Bertz CT molecular complexity index is 475. The molecular formula is C15H20ClFN2O. The van der Waals surface area contributed by atoms with Gasteiger partial charge in [-0.05, 0) is 56.0 Å². The number of piperidine rings is 1. The summed E-state index contributed by atoms with van der Waals surface area (Å²) >= 11 is 5.69. The van der Waals surface area contributed by atoms with Gasteiger partial charge in [-0.3, -0.25) is 4.79 Å². The molecule has 0 saturated carbocycles. The summed E-state index contributed by atoms with van der Waals surface area (Å²) in [5.74, 6) is 0.349. The average molecular weight is 299 g/mol. The van der Waals surface area contributed by atoms with Gasteiger partial charge in [-0.15, -0.1) is 0 Å². The molecule has 5 heteroatoms. The fourth-order valence-corrected chi connectivity index (χ4v) is 2.79. The number of benzene rings is 1. The van der Waals surface area contributed by atoms with E-state index in [0.29, 0.717) is 23.9 Å². The van der Waals surface area contributed by atoms with Gasteiger partial charge in [0.05, 0.1) is 5.02 Å². The molecule has 1 amide bonds. The first-order valence-corrected chi connectivity index (χ1v) is 7.39. The van der Waals surface area contributed by atoms with Gasteiger partial charge in [0.25, 0.3) is 0 Å². The molecule has 0 radical (unpaired) electrons. The van der Waals surface area contributed by atoms with E-state index in [9.17, 15) is 9.18 Å². The van der Waals surface area contributed by atoms with Crippen LogP contribution in [0.25, 0.3) is 0 Å². The number of halogens is 2. The summed E-state index contributed by atoms with van der Waals surface area (Å²) in [6, 6.07) is 4.21. The number of amides is 1. The van der Waals surface area contributed by atoms with Gasteiger partial charge in [0.1, 0.15) is 5.82 Å². The van der Waals surface area contributed by atoms with Crippen molar-refractivity contribution in [3.05, 3.63) is 29.0 Å². The van der Waals surface area contributed by atoms with Crippen LogP contribution in [0.4, 0.5) is 10.1 Å². The Balaban J connectivity index is 1.86. The molecule has 20 heavy (non-hydrogen) atoms. The topological polar surface area (TPSA) is 41.1 Å². The Morgan fingerprint density at radius 3 is 3.05 bits per heavy atom. The van der Waals surface area contributed by atoms with Crippen LogP contribution in [0.15, 0.2) is 18.2 Å². The fourth-order valence-electron chi connectivity index (χ4n) is 2.61. The summed E-state index contributed by atoms with van der Waals surface area (Å²) in [7, 11) is 0. The SMILES string of the molecule is CC(CC(=O)Nc1ccc(F)c(Cl)c1)C1CCCNC1. The number of carbonyl (C=O) groups excluding carboxylic acids is 1. The van der Waals surface area contributed by atoms with Crippen LogP contribution in [0.2, 0.25) is 5.02 Å². The van der Waals surface area contributed by atoms with Gasteiger partial charge in [-0.1, -0.05) is 18.5 Å². The van der Waals surface area contributed by atoms with E-state index in [1.165, 1.54) is 31.0 Å². The van der Waals surface area contributed by atoms with Crippen LogP contribution in [-0.4, -0.2) is 19.0 Å².